The lowest BCUT2D eigenvalue weighted by molar-refractivity contribution is -0.154. The van der Waals surface area contributed by atoms with Crippen LogP contribution in [0, 0.1) is 0 Å². The van der Waals surface area contributed by atoms with Crippen LogP contribution in [-0.4, -0.2) is 37.0 Å². The van der Waals surface area contributed by atoms with Crippen LogP contribution in [0.5, 0.6) is 0 Å². The Kier molecular flexibility index (Phi) is 47.1. The molecule has 0 heterocycles. The number of carbonyl (C=O) groups is 1. The van der Waals surface area contributed by atoms with Gasteiger partial charge in [-0.2, -0.15) is 0 Å². The third kappa shape index (κ3) is 47.6. The van der Waals surface area contributed by atoms with Crippen LogP contribution in [0.25, 0.3) is 0 Å². The molecule has 57 heavy (non-hydrogen) atoms. The van der Waals surface area contributed by atoms with Crippen LogP contribution >= 0.6 is 0 Å². The van der Waals surface area contributed by atoms with Crippen molar-refractivity contribution in [2.45, 2.75) is 213 Å². The Hall–Kier alpha value is -2.69. The van der Waals surface area contributed by atoms with Crippen LogP contribution in [0.1, 0.15) is 206 Å². The number of carbonyl (C=O) groups excluding carboxylic acids is 1. The molecule has 0 amide bonds. The summed E-state index contributed by atoms with van der Waals surface area (Å²) in [6, 6.07) is 0. The molecule has 1 N–H and O–H groups in total. The largest absolute Gasteiger partial charge is 0.457 e. The van der Waals surface area contributed by atoms with Gasteiger partial charge in [0.15, 0.2) is 0 Å². The molecule has 0 aromatic heterocycles. The van der Waals surface area contributed by atoms with Gasteiger partial charge in [-0.3, -0.25) is 4.79 Å². The van der Waals surface area contributed by atoms with Crippen molar-refractivity contribution in [1.82, 2.24) is 0 Å². The van der Waals surface area contributed by atoms with Gasteiger partial charge < -0.3 is 14.6 Å². The number of ether oxygens (including phenoxy) is 2. The molecule has 0 spiro atoms. The zero-order chi connectivity index (χ0) is 41.2. The second-order valence-corrected chi connectivity index (χ2v) is 15.4. The molecule has 0 fully saturated rings. The summed E-state index contributed by atoms with van der Waals surface area (Å²) in [6.45, 7) is 5.17. The zero-order valence-electron chi connectivity index (χ0n) is 37.3. The lowest BCUT2D eigenvalue weighted by Gasteiger charge is -2.15. The maximum absolute atomic E-state index is 12.2. The van der Waals surface area contributed by atoms with E-state index in [0.717, 1.165) is 77.0 Å². The summed E-state index contributed by atoms with van der Waals surface area (Å²) in [5.41, 5.74) is 0. The Bertz CT molecular complexity index is 1060. The maximum Gasteiger partial charge on any atom is 0.306 e. The lowest BCUT2D eigenvalue weighted by Crippen LogP contribution is -2.27. The third-order valence-corrected chi connectivity index (χ3v) is 9.89. The highest BCUT2D eigenvalue weighted by Crippen LogP contribution is 2.13. The normalized spacial score (nSPS) is 13.2. The summed E-state index contributed by atoms with van der Waals surface area (Å²) in [5, 5.41) is 9.63. The molecule has 326 valence electrons. The Morgan fingerprint density at radius 1 is 0.439 bits per heavy atom. The minimum atomic E-state index is -0.556. The Morgan fingerprint density at radius 3 is 1.21 bits per heavy atom. The van der Waals surface area contributed by atoms with Crippen molar-refractivity contribution in [2.24, 2.45) is 0 Å². The first-order valence-corrected chi connectivity index (χ1v) is 23.8. The minimum absolute atomic E-state index is 0.188. The fourth-order valence-electron chi connectivity index (χ4n) is 6.36. The van der Waals surface area contributed by atoms with Gasteiger partial charge in [-0.15, -0.1) is 0 Å². The van der Waals surface area contributed by atoms with Crippen molar-refractivity contribution < 1.29 is 19.4 Å². The van der Waals surface area contributed by atoms with E-state index in [1.54, 1.807) is 0 Å². The van der Waals surface area contributed by atoms with Crippen molar-refractivity contribution in [3.8, 4) is 0 Å². The molecule has 4 heteroatoms. The van der Waals surface area contributed by atoms with Crippen molar-refractivity contribution in [3.05, 3.63) is 97.2 Å². The van der Waals surface area contributed by atoms with Gasteiger partial charge in [-0.1, -0.05) is 201 Å². The van der Waals surface area contributed by atoms with E-state index < -0.39 is 6.10 Å². The molecule has 0 aliphatic rings. The van der Waals surface area contributed by atoms with E-state index in [2.05, 4.69) is 111 Å². The Labute approximate surface area is 353 Å². The van der Waals surface area contributed by atoms with Gasteiger partial charge in [0, 0.05) is 13.0 Å². The van der Waals surface area contributed by atoms with Crippen LogP contribution in [0.3, 0.4) is 0 Å². The second-order valence-electron chi connectivity index (χ2n) is 15.4. The van der Waals surface area contributed by atoms with Crippen molar-refractivity contribution in [1.29, 1.82) is 0 Å². The van der Waals surface area contributed by atoms with E-state index >= 15 is 0 Å². The van der Waals surface area contributed by atoms with Gasteiger partial charge in [0.1, 0.15) is 6.10 Å². The van der Waals surface area contributed by atoms with Crippen molar-refractivity contribution in [2.75, 3.05) is 19.8 Å². The fraction of sp³-hybridized carbons (Fsp3) is 0.679. The summed E-state index contributed by atoms with van der Waals surface area (Å²) in [5.74, 6) is -0.215. The number of allylic oxidation sites excluding steroid dienone is 16. The van der Waals surface area contributed by atoms with E-state index in [9.17, 15) is 9.90 Å². The van der Waals surface area contributed by atoms with Crippen LogP contribution in [0.2, 0.25) is 0 Å². The molecule has 0 saturated heterocycles. The molecule has 0 aliphatic carbocycles. The zero-order valence-corrected chi connectivity index (χ0v) is 37.3. The third-order valence-electron chi connectivity index (χ3n) is 9.89. The van der Waals surface area contributed by atoms with Crippen LogP contribution in [0.4, 0.5) is 0 Å². The molecule has 0 rings (SSSR count). The molecular formula is C53H90O4. The van der Waals surface area contributed by atoms with Crippen LogP contribution < -0.4 is 0 Å². The smallest absolute Gasteiger partial charge is 0.306 e. The quantitative estimate of drug-likeness (QED) is 0.0380. The summed E-state index contributed by atoms with van der Waals surface area (Å²) >= 11 is 0. The SMILES string of the molecule is CC/C=C\C/C=C\C/C=C\C/C=C\C/C=C\C/C=C\C/C=C\CCCCCCOCC(CO)OC(=O)CCCCCCCCCCC/C=C\CCCCCCCC. The van der Waals surface area contributed by atoms with Gasteiger partial charge in [0.25, 0.3) is 0 Å². The first kappa shape index (κ1) is 54.3. The Morgan fingerprint density at radius 2 is 0.789 bits per heavy atom. The number of rotatable bonds is 43. The van der Waals surface area contributed by atoms with Gasteiger partial charge >= 0.3 is 5.97 Å². The number of esters is 1. The first-order chi connectivity index (χ1) is 28.2. The molecule has 0 aliphatic heterocycles. The van der Waals surface area contributed by atoms with E-state index in [1.807, 2.05) is 0 Å². The van der Waals surface area contributed by atoms with E-state index in [0.29, 0.717) is 13.0 Å². The predicted octanol–water partition coefficient (Wildman–Crippen LogP) is 16.1. The predicted molar refractivity (Wildman–Crippen MR) is 251 cm³/mol. The molecule has 4 nitrogen and oxygen atoms in total. The average molecular weight is 791 g/mol. The van der Waals surface area contributed by atoms with Gasteiger partial charge in [-0.05, 0) is 96.3 Å². The monoisotopic (exact) mass is 791 g/mol. The molecule has 1 unspecified atom stereocenters. The van der Waals surface area contributed by atoms with Crippen LogP contribution in [0.15, 0.2) is 97.2 Å². The summed E-state index contributed by atoms with van der Waals surface area (Å²) in [4.78, 5) is 12.2. The second kappa shape index (κ2) is 49.5. The van der Waals surface area contributed by atoms with Gasteiger partial charge in [0.05, 0.1) is 13.2 Å². The number of hydrogen-bond donors (Lipinski definition) is 1. The standard InChI is InChI=1S/C53H90O4/c1-3-5-7-9-11-13-15-17-19-21-23-24-25-26-27-28-29-31-33-35-37-39-41-43-45-47-49-56-51-52(50-54)57-53(55)48-46-44-42-40-38-36-34-32-30-22-20-18-16-14-12-10-8-6-4-2/h5,7,11,13,17-20,23-24,26-27,29,31,35,37,52,54H,3-4,6,8-10,12,14-16,21-22,25,28,30,32-34,36,38-51H2,1-2H3/b7-5-,13-11-,19-17-,20-18-,24-23-,27-26-,31-29-,37-35-. The van der Waals surface area contributed by atoms with Gasteiger partial charge in [0.2, 0.25) is 0 Å². The highest BCUT2D eigenvalue weighted by atomic mass is 16.6. The minimum Gasteiger partial charge on any atom is -0.457 e. The topological polar surface area (TPSA) is 55.8 Å². The van der Waals surface area contributed by atoms with Crippen LogP contribution in [-0.2, 0) is 14.3 Å². The van der Waals surface area contributed by atoms with E-state index in [-0.39, 0.29) is 19.2 Å². The number of aliphatic hydroxyl groups excluding tert-OH is 1. The highest BCUT2D eigenvalue weighted by Gasteiger charge is 2.13. The van der Waals surface area contributed by atoms with E-state index in [1.165, 1.54) is 109 Å². The molecule has 0 bridgehead atoms. The number of hydrogen-bond acceptors (Lipinski definition) is 4. The molecule has 0 saturated carbocycles. The molecule has 0 aromatic carbocycles. The Balaban J connectivity index is 3.54. The summed E-state index contributed by atoms with van der Waals surface area (Å²) in [7, 11) is 0. The highest BCUT2D eigenvalue weighted by molar-refractivity contribution is 5.69. The van der Waals surface area contributed by atoms with Crippen molar-refractivity contribution in [3.63, 3.8) is 0 Å². The fourth-order valence-corrected chi connectivity index (χ4v) is 6.36. The average Bonchev–Trinajstić information content (AvgIpc) is 3.22. The summed E-state index contributed by atoms with van der Waals surface area (Å²) < 4.78 is 11.2. The molecule has 0 aromatic rings. The maximum atomic E-state index is 12.2. The number of aliphatic hydroxyl groups is 1. The first-order valence-electron chi connectivity index (χ1n) is 23.8. The number of unbranched alkanes of at least 4 members (excludes halogenated alkanes) is 19. The van der Waals surface area contributed by atoms with Crippen molar-refractivity contribution >= 4 is 5.97 Å². The molecule has 1 atom stereocenters. The summed E-state index contributed by atoms with van der Waals surface area (Å²) in [6.07, 6.45) is 70.5. The molecular weight excluding hydrogens is 701 g/mol. The molecule has 0 radical (unpaired) electrons. The van der Waals surface area contributed by atoms with E-state index in [4.69, 9.17) is 9.47 Å². The lowest BCUT2D eigenvalue weighted by atomic mass is 10.1. The van der Waals surface area contributed by atoms with Gasteiger partial charge in [-0.25, -0.2) is 0 Å².